The summed E-state index contributed by atoms with van der Waals surface area (Å²) in [7, 11) is 0. The van der Waals surface area contributed by atoms with Crippen molar-refractivity contribution < 1.29 is 9.90 Å². The van der Waals surface area contributed by atoms with Gasteiger partial charge in [-0.25, -0.2) is 4.79 Å². The minimum Gasteiger partial charge on any atom is -0.508 e. The summed E-state index contributed by atoms with van der Waals surface area (Å²) in [6.45, 7) is 2.73. The number of anilines is 1. The molecule has 17 heavy (non-hydrogen) atoms. The summed E-state index contributed by atoms with van der Waals surface area (Å²) in [6, 6.07) is 5.13. The van der Waals surface area contributed by atoms with Gasteiger partial charge in [0.05, 0.1) is 0 Å². The molecule has 2 aliphatic rings. The van der Waals surface area contributed by atoms with Gasteiger partial charge in [0.1, 0.15) is 11.9 Å². The number of hydrogen-bond acceptors (Lipinski definition) is 3. The molecule has 0 radical (unpaired) electrons. The average Bonchev–Trinajstić information content (AvgIpc) is 2.45. The molecule has 2 heterocycles. The highest BCUT2D eigenvalue weighted by Crippen LogP contribution is 2.44. The molecule has 0 aromatic heterocycles. The van der Waals surface area contributed by atoms with Gasteiger partial charge in [-0.05, 0) is 30.2 Å². The number of amides is 2. The average molecular weight is 233 g/mol. The van der Waals surface area contributed by atoms with Crippen LogP contribution < -0.4 is 16.0 Å². The zero-order chi connectivity index (χ0) is 12.0. The van der Waals surface area contributed by atoms with Gasteiger partial charge in [0, 0.05) is 17.6 Å². The first kappa shape index (κ1) is 10.3. The monoisotopic (exact) mass is 233 g/mol. The van der Waals surface area contributed by atoms with E-state index in [2.05, 4.69) is 22.9 Å². The van der Waals surface area contributed by atoms with E-state index in [1.54, 1.807) is 12.1 Å². The Labute approximate surface area is 99.2 Å². The molecule has 1 saturated heterocycles. The van der Waals surface area contributed by atoms with E-state index < -0.39 is 0 Å². The molecule has 0 spiro atoms. The first-order valence-corrected chi connectivity index (χ1v) is 5.74. The molecular formula is C12H15N3O2. The first-order valence-electron chi connectivity index (χ1n) is 5.74. The molecule has 0 saturated carbocycles. The zero-order valence-electron chi connectivity index (χ0n) is 9.58. The number of carbonyl (C=O) groups excluding carboxylic acids is 1. The lowest BCUT2D eigenvalue weighted by molar-refractivity contribution is 0.239. The summed E-state index contributed by atoms with van der Waals surface area (Å²) in [4.78, 5) is 11.5. The first-order chi connectivity index (χ1) is 8.09. The van der Waals surface area contributed by atoms with E-state index in [9.17, 15) is 9.90 Å². The largest absolute Gasteiger partial charge is 0.508 e. The Hall–Kier alpha value is -1.91. The summed E-state index contributed by atoms with van der Waals surface area (Å²) in [5.41, 5.74) is 1.86. The number of phenols is 1. The lowest BCUT2D eigenvalue weighted by atomic mass is 9.79. The number of fused-ring (bicyclic) bond motifs is 3. The smallest absolute Gasteiger partial charge is 0.316 e. The molecule has 5 nitrogen and oxygen atoms in total. The van der Waals surface area contributed by atoms with Gasteiger partial charge in [-0.2, -0.15) is 0 Å². The van der Waals surface area contributed by atoms with Crippen LogP contribution in [0.1, 0.15) is 18.9 Å². The van der Waals surface area contributed by atoms with Crippen molar-refractivity contribution in [3.8, 4) is 5.75 Å². The van der Waals surface area contributed by atoms with Crippen LogP contribution in [0.15, 0.2) is 18.2 Å². The highest BCUT2D eigenvalue weighted by molar-refractivity contribution is 5.77. The van der Waals surface area contributed by atoms with Crippen molar-refractivity contribution in [3.63, 3.8) is 0 Å². The second-order valence-electron chi connectivity index (χ2n) is 4.87. The maximum Gasteiger partial charge on any atom is 0.316 e. The van der Waals surface area contributed by atoms with Gasteiger partial charge in [0.2, 0.25) is 0 Å². The van der Waals surface area contributed by atoms with Crippen LogP contribution in [0.5, 0.6) is 5.75 Å². The van der Waals surface area contributed by atoms with Crippen LogP contribution in [0, 0.1) is 0 Å². The summed E-state index contributed by atoms with van der Waals surface area (Å²) >= 11 is 0. The number of carbonyl (C=O) groups is 1. The molecule has 1 aromatic rings. The minimum atomic E-state index is -0.187. The quantitative estimate of drug-likeness (QED) is 0.507. The summed E-state index contributed by atoms with van der Waals surface area (Å²) in [6.07, 6.45) is 0.710. The number of urea groups is 1. The van der Waals surface area contributed by atoms with Gasteiger partial charge in [-0.3, -0.25) is 0 Å². The van der Waals surface area contributed by atoms with Crippen LogP contribution in [-0.4, -0.2) is 23.8 Å². The predicted molar refractivity (Wildman–Crippen MR) is 64.0 cm³/mol. The van der Waals surface area contributed by atoms with E-state index in [0.717, 1.165) is 17.7 Å². The Morgan fingerprint density at radius 2 is 2.24 bits per heavy atom. The van der Waals surface area contributed by atoms with Crippen molar-refractivity contribution in [2.75, 3.05) is 11.9 Å². The summed E-state index contributed by atoms with van der Waals surface area (Å²) in [5, 5.41) is 18.6. The van der Waals surface area contributed by atoms with Crippen LogP contribution >= 0.6 is 0 Å². The van der Waals surface area contributed by atoms with Gasteiger partial charge >= 0.3 is 6.03 Å². The van der Waals surface area contributed by atoms with E-state index in [-0.39, 0.29) is 23.4 Å². The minimum absolute atomic E-state index is 0.123. The zero-order valence-corrected chi connectivity index (χ0v) is 9.58. The van der Waals surface area contributed by atoms with E-state index >= 15 is 0 Å². The lowest BCUT2D eigenvalue weighted by Gasteiger charge is -2.29. The second-order valence-corrected chi connectivity index (χ2v) is 4.87. The maximum atomic E-state index is 11.5. The van der Waals surface area contributed by atoms with Gasteiger partial charge in [-0.1, -0.05) is 6.92 Å². The second kappa shape index (κ2) is 3.29. The molecular weight excluding hydrogens is 218 g/mol. The fourth-order valence-corrected chi connectivity index (χ4v) is 2.69. The van der Waals surface area contributed by atoms with E-state index in [1.807, 2.05) is 6.07 Å². The Morgan fingerprint density at radius 3 is 3.06 bits per heavy atom. The number of phenolic OH excluding ortho intramolecular Hbond substituents is 1. The Kier molecular flexibility index (Phi) is 1.98. The number of rotatable bonds is 0. The molecule has 2 amide bonds. The molecule has 0 aliphatic carbocycles. The standard InChI is InChI=1S/C12H15N3O2/c1-12-4-5-13-11(17)15-10(12)14-9-3-2-7(16)6-8(9)12/h2-3,6,10,14,16H,4-5H2,1H3,(H2,13,15,17). The van der Waals surface area contributed by atoms with E-state index in [0.29, 0.717) is 6.54 Å². The Bertz CT molecular complexity index is 489. The molecule has 3 rings (SSSR count). The molecule has 1 aromatic carbocycles. The normalized spacial score (nSPS) is 30.4. The third kappa shape index (κ3) is 1.42. The van der Waals surface area contributed by atoms with Crippen LogP contribution in [0.4, 0.5) is 10.5 Å². The van der Waals surface area contributed by atoms with E-state index in [4.69, 9.17) is 0 Å². The highest BCUT2D eigenvalue weighted by atomic mass is 16.3. The van der Waals surface area contributed by atoms with Crippen molar-refractivity contribution in [2.24, 2.45) is 0 Å². The molecule has 2 unspecified atom stereocenters. The molecule has 2 aliphatic heterocycles. The molecule has 0 bridgehead atoms. The third-order valence-electron chi connectivity index (χ3n) is 3.76. The van der Waals surface area contributed by atoms with Crippen molar-refractivity contribution in [2.45, 2.75) is 24.9 Å². The predicted octanol–water partition coefficient (Wildman–Crippen LogP) is 1.10. The molecule has 90 valence electrons. The fourth-order valence-electron chi connectivity index (χ4n) is 2.69. The molecule has 1 fully saturated rings. The van der Waals surface area contributed by atoms with Gasteiger partial charge in [-0.15, -0.1) is 0 Å². The number of aromatic hydroxyl groups is 1. The van der Waals surface area contributed by atoms with E-state index in [1.165, 1.54) is 0 Å². The van der Waals surface area contributed by atoms with Crippen LogP contribution in [-0.2, 0) is 5.41 Å². The van der Waals surface area contributed by atoms with Crippen LogP contribution in [0.2, 0.25) is 0 Å². The molecule has 4 N–H and O–H groups in total. The Morgan fingerprint density at radius 1 is 1.41 bits per heavy atom. The molecule has 5 heteroatoms. The third-order valence-corrected chi connectivity index (χ3v) is 3.76. The van der Waals surface area contributed by atoms with Crippen molar-refractivity contribution in [1.82, 2.24) is 10.6 Å². The van der Waals surface area contributed by atoms with Crippen LogP contribution in [0.25, 0.3) is 0 Å². The van der Waals surface area contributed by atoms with Gasteiger partial charge in [0.25, 0.3) is 0 Å². The number of benzene rings is 1. The van der Waals surface area contributed by atoms with Crippen molar-refractivity contribution in [3.05, 3.63) is 23.8 Å². The fraction of sp³-hybridized carbons (Fsp3) is 0.417. The number of hydrogen-bond donors (Lipinski definition) is 4. The Balaban J connectivity index is 2.07. The van der Waals surface area contributed by atoms with Gasteiger partial charge < -0.3 is 21.1 Å². The maximum absolute atomic E-state index is 11.5. The van der Waals surface area contributed by atoms with Crippen LogP contribution in [0.3, 0.4) is 0 Å². The van der Waals surface area contributed by atoms with Gasteiger partial charge in [0.15, 0.2) is 0 Å². The highest BCUT2D eigenvalue weighted by Gasteiger charge is 2.45. The van der Waals surface area contributed by atoms with Crippen molar-refractivity contribution >= 4 is 11.7 Å². The molecule has 2 atom stereocenters. The lowest BCUT2D eigenvalue weighted by Crippen LogP contribution is -2.48. The number of nitrogens with one attached hydrogen (secondary N) is 3. The summed E-state index contributed by atoms with van der Waals surface area (Å²) < 4.78 is 0. The summed E-state index contributed by atoms with van der Waals surface area (Å²) in [5.74, 6) is 0.260. The topological polar surface area (TPSA) is 73.4 Å². The van der Waals surface area contributed by atoms with Crippen molar-refractivity contribution in [1.29, 1.82) is 0 Å². The SMILES string of the molecule is CC12CCNC(=O)NC1Nc1ccc(O)cc12.